The Bertz CT molecular complexity index is 728. The number of aromatic nitrogens is 1. The fraction of sp³-hybridized carbons (Fsp3) is 0.727. The van der Waals surface area contributed by atoms with Crippen molar-refractivity contribution in [3.63, 3.8) is 0 Å². The van der Waals surface area contributed by atoms with Crippen LogP contribution in [0.2, 0.25) is 0 Å². The Balaban J connectivity index is 0.00000218. The molecule has 4 saturated heterocycles. The summed E-state index contributed by atoms with van der Waals surface area (Å²) in [7, 11) is 0. The van der Waals surface area contributed by atoms with E-state index in [0.717, 1.165) is 56.7 Å². The molecule has 0 aromatic carbocycles. The van der Waals surface area contributed by atoms with Crippen molar-refractivity contribution in [3.05, 3.63) is 23.9 Å². The molecule has 1 aromatic heterocycles. The number of pyridine rings is 1. The van der Waals surface area contributed by atoms with Crippen molar-refractivity contribution >= 4 is 35.8 Å². The summed E-state index contributed by atoms with van der Waals surface area (Å²) >= 11 is 0. The molecular weight excluding hydrogens is 493 g/mol. The highest BCUT2D eigenvalue weighted by molar-refractivity contribution is 14.0. The Morgan fingerprint density at radius 2 is 1.97 bits per heavy atom. The second-order valence-electron chi connectivity index (χ2n) is 8.85. The van der Waals surface area contributed by atoms with Crippen LogP contribution in [0, 0.1) is 11.8 Å². The van der Waals surface area contributed by atoms with Gasteiger partial charge in [0.1, 0.15) is 5.82 Å². The van der Waals surface area contributed by atoms with Crippen LogP contribution >= 0.6 is 24.0 Å². The van der Waals surface area contributed by atoms with Crippen LogP contribution in [0.3, 0.4) is 0 Å². The maximum atomic E-state index is 6.12. The standard InChI is InChI=1S/C22H33N5O2.HI/c1-3-23-22(27-13-17-18(14-27)20-6-5-19(17)29-20)25-11-16-4-7-21(24-10-16)26-8-9-28-15(2)12-26;/h4,7,10,15,17-20H,3,5-6,8-9,11-14H2,1-2H3,(H,23,25);1H. The third-order valence-corrected chi connectivity index (χ3v) is 6.87. The topological polar surface area (TPSA) is 62.2 Å². The molecule has 1 aromatic rings. The predicted octanol–water partition coefficient (Wildman–Crippen LogP) is 2.50. The highest BCUT2D eigenvalue weighted by atomic mass is 127. The summed E-state index contributed by atoms with van der Waals surface area (Å²) in [6, 6.07) is 4.27. The van der Waals surface area contributed by atoms with Gasteiger partial charge >= 0.3 is 0 Å². The molecule has 7 nitrogen and oxygen atoms in total. The molecule has 4 fully saturated rings. The zero-order valence-electron chi connectivity index (χ0n) is 18.0. The number of rotatable bonds is 4. The van der Waals surface area contributed by atoms with E-state index in [1.54, 1.807) is 0 Å². The van der Waals surface area contributed by atoms with Crippen LogP contribution in [0.15, 0.2) is 23.3 Å². The summed E-state index contributed by atoms with van der Waals surface area (Å²) in [5, 5.41) is 3.49. The molecule has 8 heteroatoms. The van der Waals surface area contributed by atoms with E-state index in [-0.39, 0.29) is 30.1 Å². The zero-order valence-corrected chi connectivity index (χ0v) is 20.3. The van der Waals surface area contributed by atoms with Gasteiger partial charge in [0.15, 0.2) is 5.96 Å². The maximum Gasteiger partial charge on any atom is 0.194 e. The SMILES string of the molecule is CCNC(=NCc1ccc(N2CCOC(C)C2)nc1)N1CC2C3CCC(O3)C2C1.I. The molecule has 166 valence electrons. The van der Waals surface area contributed by atoms with Gasteiger partial charge in [0, 0.05) is 50.8 Å². The lowest BCUT2D eigenvalue weighted by Crippen LogP contribution is -2.41. The van der Waals surface area contributed by atoms with E-state index in [9.17, 15) is 0 Å². The van der Waals surface area contributed by atoms with Crippen LogP contribution in [-0.2, 0) is 16.0 Å². The van der Waals surface area contributed by atoms with Gasteiger partial charge < -0.3 is 24.6 Å². The van der Waals surface area contributed by atoms with Crippen LogP contribution in [0.4, 0.5) is 5.82 Å². The number of ether oxygens (including phenoxy) is 2. The highest BCUT2D eigenvalue weighted by Crippen LogP contribution is 2.47. The number of likely N-dealkylation sites (tertiary alicyclic amines) is 1. The van der Waals surface area contributed by atoms with Crippen molar-refractivity contribution in [2.24, 2.45) is 16.8 Å². The van der Waals surface area contributed by atoms with Gasteiger partial charge in [-0.1, -0.05) is 6.07 Å². The molecule has 5 heterocycles. The molecule has 0 amide bonds. The minimum absolute atomic E-state index is 0. The van der Waals surface area contributed by atoms with Gasteiger partial charge in [-0.2, -0.15) is 0 Å². The van der Waals surface area contributed by atoms with Gasteiger partial charge in [-0.05, 0) is 38.3 Å². The summed E-state index contributed by atoms with van der Waals surface area (Å²) in [4.78, 5) is 14.4. The van der Waals surface area contributed by atoms with E-state index in [2.05, 4.69) is 46.1 Å². The molecular formula is C22H34IN5O2. The minimum atomic E-state index is 0. The lowest BCUT2D eigenvalue weighted by molar-refractivity contribution is 0.0529. The fourth-order valence-corrected chi connectivity index (χ4v) is 5.45. The zero-order chi connectivity index (χ0) is 19.8. The van der Waals surface area contributed by atoms with Gasteiger partial charge in [0.05, 0.1) is 31.5 Å². The first kappa shape index (κ1) is 22.1. The van der Waals surface area contributed by atoms with E-state index in [1.807, 2.05) is 6.20 Å². The number of hydrogen-bond acceptors (Lipinski definition) is 5. The number of nitrogens with zero attached hydrogens (tertiary/aromatic N) is 4. The molecule has 5 unspecified atom stereocenters. The first-order valence-electron chi connectivity index (χ1n) is 11.2. The summed E-state index contributed by atoms with van der Waals surface area (Å²) in [6.45, 7) is 10.5. The minimum Gasteiger partial charge on any atom is -0.375 e. The second kappa shape index (κ2) is 9.56. The van der Waals surface area contributed by atoms with Crippen LogP contribution in [0.1, 0.15) is 32.3 Å². The molecule has 4 aliphatic rings. The number of anilines is 1. The van der Waals surface area contributed by atoms with E-state index >= 15 is 0 Å². The van der Waals surface area contributed by atoms with E-state index in [1.165, 1.54) is 12.8 Å². The summed E-state index contributed by atoms with van der Waals surface area (Å²) in [6.07, 6.45) is 5.68. The van der Waals surface area contributed by atoms with E-state index in [4.69, 9.17) is 14.5 Å². The van der Waals surface area contributed by atoms with E-state index in [0.29, 0.717) is 30.6 Å². The first-order chi connectivity index (χ1) is 14.2. The first-order valence-corrected chi connectivity index (χ1v) is 11.2. The highest BCUT2D eigenvalue weighted by Gasteiger charge is 2.53. The average molecular weight is 527 g/mol. The summed E-state index contributed by atoms with van der Waals surface area (Å²) < 4.78 is 11.7. The van der Waals surface area contributed by atoms with E-state index < -0.39 is 0 Å². The number of guanidine groups is 1. The molecule has 0 spiro atoms. The lowest BCUT2D eigenvalue weighted by atomic mass is 9.82. The Morgan fingerprint density at radius 1 is 1.20 bits per heavy atom. The average Bonchev–Trinajstić information content (AvgIpc) is 3.45. The monoisotopic (exact) mass is 527 g/mol. The Morgan fingerprint density at radius 3 is 2.60 bits per heavy atom. The van der Waals surface area contributed by atoms with Gasteiger partial charge in [0.2, 0.25) is 0 Å². The molecule has 5 atom stereocenters. The number of nitrogens with one attached hydrogen (secondary N) is 1. The van der Waals surface area contributed by atoms with Gasteiger partial charge in [-0.25, -0.2) is 9.98 Å². The number of halogens is 1. The van der Waals surface area contributed by atoms with Gasteiger partial charge in [-0.3, -0.25) is 0 Å². The Labute approximate surface area is 196 Å². The molecule has 0 aliphatic carbocycles. The molecule has 0 saturated carbocycles. The Hall–Kier alpha value is -1.13. The van der Waals surface area contributed by atoms with Crippen LogP contribution < -0.4 is 10.2 Å². The molecule has 1 N–H and O–H groups in total. The third kappa shape index (κ3) is 4.41. The molecule has 4 aliphatic heterocycles. The van der Waals surface area contributed by atoms with Crippen molar-refractivity contribution in [1.29, 1.82) is 0 Å². The van der Waals surface area contributed by atoms with Crippen molar-refractivity contribution in [1.82, 2.24) is 15.2 Å². The Kier molecular flexibility index (Phi) is 7.04. The number of fused-ring (bicyclic) bond motifs is 5. The normalized spacial score (nSPS) is 32.9. The van der Waals surface area contributed by atoms with Crippen LogP contribution in [0.25, 0.3) is 0 Å². The molecule has 2 bridgehead atoms. The van der Waals surface area contributed by atoms with Crippen LogP contribution in [-0.4, -0.2) is 73.5 Å². The molecule has 0 radical (unpaired) electrons. The van der Waals surface area contributed by atoms with Crippen molar-refractivity contribution in [2.75, 3.05) is 44.2 Å². The smallest absolute Gasteiger partial charge is 0.194 e. The van der Waals surface area contributed by atoms with Gasteiger partial charge in [0.25, 0.3) is 0 Å². The number of morpholine rings is 1. The van der Waals surface area contributed by atoms with Crippen molar-refractivity contribution < 1.29 is 9.47 Å². The number of hydrogen-bond donors (Lipinski definition) is 1. The van der Waals surface area contributed by atoms with Crippen LogP contribution in [0.5, 0.6) is 0 Å². The van der Waals surface area contributed by atoms with Gasteiger partial charge in [-0.15, -0.1) is 24.0 Å². The van der Waals surface area contributed by atoms with Crippen molar-refractivity contribution in [2.45, 2.75) is 51.5 Å². The maximum absolute atomic E-state index is 6.12. The number of aliphatic imine (C=N–C) groups is 1. The van der Waals surface area contributed by atoms with Crippen molar-refractivity contribution in [3.8, 4) is 0 Å². The summed E-state index contributed by atoms with van der Waals surface area (Å²) in [5.41, 5.74) is 1.15. The lowest BCUT2D eigenvalue weighted by Gasteiger charge is -2.32. The quantitative estimate of drug-likeness (QED) is 0.369. The third-order valence-electron chi connectivity index (χ3n) is 6.87. The predicted molar refractivity (Wildman–Crippen MR) is 129 cm³/mol. The second-order valence-corrected chi connectivity index (χ2v) is 8.85. The molecule has 30 heavy (non-hydrogen) atoms. The fourth-order valence-electron chi connectivity index (χ4n) is 5.45. The summed E-state index contributed by atoms with van der Waals surface area (Å²) in [5.74, 6) is 3.44. The molecule has 5 rings (SSSR count). The largest absolute Gasteiger partial charge is 0.375 e.